The summed E-state index contributed by atoms with van der Waals surface area (Å²) in [6.45, 7) is 6.56. The minimum atomic E-state index is -0.778. The van der Waals surface area contributed by atoms with Crippen molar-refractivity contribution < 1.29 is 28.6 Å². The standard InChI is InChI=1S/C52H94O6/c1-4-7-10-13-16-19-22-24-25-26-27-28-31-33-36-39-42-45-51(54)57-48-49(47-56-50(53)44-41-38-35-32-29-21-18-15-12-9-6-3)58-52(55)46-43-40-37-34-30-23-20-17-14-11-8-5-2/h15,17-18,20,24-25,49H,4-14,16,19,21-23,26-48H2,1-3H3/b18-15-,20-17-,25-24-/t49-/m1/s1. The molecule has 0 N–H and O–H groups in total. The van der Waals surface area contributed by atoms with Gasteiger partial charge in [0.15, 0.2) is 6.10 Å². The highest BCUT2D eigenvalue weighted by atomic mass is 16.6. The summed E-state index contributed by atoms with van der Waals surface area (Å²) in [5.74, 6) is -0.897. The maximum Gasteiger partial charge on any atom is 0.306 e. The molecule has 58 heavy (non-hydrogen) atoms. The Labute approximate surface area is 359 Å². The van der Waals surface area contributed by atoms with Gasteiger partial charge in [0.25, 0.3) is 0 Å². The van der Waals surface area contributed by atoms with Gasteiger partial charge in [0.05, 0.1) is 0 Å². The minimum Gasteiger partial charge on any atom is -0.462 e. The SMILES string of the molecule is CCCC/C=C\CCCCCCCC(=O)OC[C@H](COC(=O)CCCCCCCCC/C=C\CCCCCCCC)OC(=O)CCCCCCC/C=C\CCCCC. The van der Waals surface area contributed by atoms with E-state index in [9.17, 15) is 14.4 Å². The van der Waals surface area contributed by atoms with Gasteiger partial charge in [0, 0.05) is 19.3 Å². The van der Waals surface area contributed by atoms with E-state index >= 15 is 0 Å². The Morgan fingerprint density at radius 2 is 0.586 bits per heavy atom. The van der Waals surface area contributed by atoms with Crippen molar-refractivity contribution in [2.75, 3.05) is 13.2 Å². The molecule has 0 unspecified atom stereocenters. The van der Waals surface area contributed by atoms with Crippen LogP contribution in [0.25, 0.3) is 0 Å². The van der Waals surface area contributed by atoms with Gasteiger partial charge in [0.2, 0.25) is 0 Å². The van der Waals surface area contributed by atoms with Gasteiger partial charge in [-0.1, -0.05) is 186 Å². The Hall–Kier alpha value is -2.37. The summed E-state index contributed by atoms with van der Waals surface area (Å²) >= 11 is 0. The fourth-order valence-corrected chi connectivity index (χ4v) is 7.00. The largest absolute Gasteiger partial charge is 0.462 e. The molecule has 0 aromatic carbocycles. The first-order chi connectivity index (χ1) is 28.5. The number of hydrogen-bond acceptors (Lipinski definition) is 6. The van der Waals surface area contributed by atoms with Crippen LogP contribution in [0, 0.1) is 0 Å². The number of hydrogen-bond donors (Lipinski definition) is 0. The van der Waals surface area contributed by atoms with Crippen molar-refractivity contribution >= 4 is 17.9 Å². The molecule has 0 saturated carbocycles. The van der Waals surface area contributed by atoms with E-state index < -0.39 is 6.10 Å². The van der Waals surface area contributed by atoms with Crippen molar-refractivity contribution in [1.82, 2.24) is 0 Å². The number of allylic oxidation sites excluding steroid dienone is 6. The fourth-order valence-electron chi connectivity index (χ4n) is 7.00. The topological polar surface area (TPSA) is 78.9 Å². The van der Waals surface area contributed by atoms with Crippen LogP contribution >= 0.6 is 0 Å². The lowest BCUT2D eigenvalue weighted by molar-refractivity contribution is -0.167. The lowest BCUT2D eigenvalue weighted by Crippen LogP contribution is -2.30. The molecule has 0 spiro atoms. The quantitative estimate of drug-likeness (QED) is 0.0264. The molecule has 0 aromatic heterocycles. The van der Waals surface area contributed by atoms with Gasteiger partial charge in [0.1, 0.15) is 13.2 Å². The predicted molar refractivity (Wildman–Crippen MR) is 247 cm³/mol. The summed E-state index contributed by atoms with van der Waals surface area (Å²) in [4.78, 5) is 37.8. The first-order valence-electron chi connectivity index (χ1n) is 25.0. The van der Waals surface area contributed by atoms with E-state index in [0.29, 0.717) is 19.3 Å². The average molecular weight is 815 g/mol. The fraction of sp³-hybridized carbons (Fsp3) is 0.827. The molecule has 0 radical (unpaired) electrons. The molecule has 6 nitrogen and oxygen atoms in total. The van der Waals surface area contributed by atoms with E-state index in [4.69, 9.17) is 14.2 Å². The number of rotatable bonds is 45. The number of esters is 3. The molecule has 0 bridgehead atoms. The van der Waals surface area contributed by atoms with Crippen molar-refractivity contribution in [1.29, 1.82) is 0 Å². The molecule has 0 aromatic rings. The molecule has 6 heteroatoms. The predicted octanol–water partition coefficient (Wildman–Crippen LogP) is 16.1. The van der Waals surface area contributed by atoms with Crippen molar-refractivity contribution in [3.05, 3.63) is 36.5 Å². The van der Waals surface area contributed by atoms with Crippen LogP contribution in [0.15, 0.2) is 36.5 Å². The average Bonchev–Trinajstić information content (AvgIpc) is 3.22. The molecular weight excluding hydrogens is 721 g/mol. The third-order valence-electron chi connectivity index (χ3n) is 10.8. The van der Waals surface area contributed by atoms with Crippen LogP contribution in [0.4, 0.5) is 0 Å². The lowest BCUT2D eigenvalue weighted by atomic mass is 10.1. The maximum atomic E-state index is 12.7. The van der Waals surface area contributed by atoms with Gasteiger partial charge in [-0.05, 0) is 89.9 Å². The second kappa shape index (κ2) is 47.3. The van der Waals surface area contributed by atoms with E-state index in [1.807, 2.05) is 0 Å². The van der Waals surface area contributed by atoms with E-state index in [1.165, 1.54) is 141 Å². The van der Waals surface area contributed by atoms with Gasteiger partial charge >= 0.3 is 17.9 Å². The Morgan fingerprint density at radius 1 is 0.328 bits per heavy atom. The third kappa shape index (κ3) is 44.7. The summed E-state index contributed by atoms with van der Waals surface area (Å²) in [6.07, 6.45) is 54.1. The summed E-state index contributed by atoms with van der Waals surface area (Å²) in [5, 5.41) is 0. The van der Waals surface area contributed by atoms with Crippen LogP contribution in [0.3, 0.4) is 0 Å². The van der Waals surface area contributed by atoms with Crippen LogP contribution in [0.1, 0.15) is 258 Å². The van der Waals surface area contributed by atoms with Crippen LogP contribution < -0.4 is 0 Å². The van der Waals surface area contributed by atoms with Crippen LogP contribution in [-0.2, 0) is 28.6 Å². The lowest BCUT2D eigenvalue weighted by Gasteiger charge is -2.18. The van der Waals surface area contributed by atoms with E-state index in [1.54, 1.807) is 0 Å². The highest BCUT2D eigenvalue weighted by Crippen LogP contribution is 2.14. The molecular formula is C52H94O6. The van der Waals surface area contributed by atoms with Crippen LogP contribution in [0.2, 0.25) is 0 Å². The second-order valence-electron chi connectivity index (χ2n) is 16.7. The second-order valence-corrected chi connectivity index (χ2v) is 16.7. The molecule has 338 valence electrons. The molecule has 0 heterocycles. The third-order valence-corrected chi connectivity index (χ3v) is 10.8. The Bertz CT molecular complexity index is 984. The zero-order valence-corrected chi connectivity index (χ0v) is 38.6. The zero-order chi connectivity index (χ0) is 42.3. The van der Waals surface area contributed by atoms with Gasteiger partial charge in [-0.25, -0.2) is 0 Å². The van der Waals surface area contributed by atoms with Gasteiger partial charge in [-0.2, -0.15) is 0 Å². The van der Waals surface area contributed by atoms with Crippen molar-refractivity contribution in [2.24, 2.45) is 0 Å². The van der Waals surface area contributed by atoms with Crippen molar-refractivity contribution in [2.45, 2.75) is 264 Å². The van der Waals surface area contributed by atoms with Crippen LogP contribution in [-0.4, -0.2) is 37.2 Å². The minimum absolute atomic E-state index is 0.0793. The Morgan fingerprint density at radius 3 is 0.948 bits per heavy atom. The van der Waals surface area contributed by atoms with E-state index in [-0.39, 0.29) is 31.1 Å². The summed E-state index contributed by atoms with van der Waals surface area (Å²) in [6, 6.07) is 0. The first-order valence-corrected chi connectivity index (χ1v) is 25.0. The highest BCUT2D eigenvalue weighted by Gasteiger charge is 2.19. The molecule has 0 amide bonds. The molecule has 0 aliphatic rings. The Balaban J connectivity index is 4.34. The smallest absolute Gasteiger partial charge is 0.306 e. The first kappa shape index (κ1) is 55.6. The molecule has 0 aliphatic carbocycles. The molecule has 0 rings (SSSR count). The molecule has 0 aliphatic heterocycles. The maximum absolute atomic E-state index is 12.7. The normalized spacial score (nSPS) is 12.3. The summed E-state index contributed by atoms with van der Waals surface area (Å²) in [7, 11) is 0. The summed E-state index contributed by atoms with van der Waals surface area (Å²) < 4.78 is 16.7. The van der Waals surface area contributed by atoms with Crippen molar-refractivity contribution in [3.8, 4) is 0 Å². The highest BCUT2D eigenvalue weighted by molar-refractivity contribution is 5.71. The molecule has 0 saturated heterocycles. The van der Waals surface area contributed by atoms with Crippen LogP contribution in [0.5, 0.6) is 0 Å². The Kier molecular flexibility index (Phi) is 45.4. The van der Waals surface area contributed by atoms with E-state index in [2.05, 4.69) is 57.2 Å². The zero-order valence-electron chi connectivity index (χ0n) is 38.6. The monoisotopic (exact) mass is 815 g/mol. The number of unbranched alkanes of at least 4 members (excludes halogenated alkanes) is 28. The van der Waals surface area contributed by atoms with Gasteiger partial charge < -0.3 is 14.2 Å². The number of ether oxygens (including phenoxy) is 3. The molecule has 1 atom stereocenters. The number of carbonyl (C=O) groups is 3. The molecule has 0 fully saturated rings. The number of carbonyl (C=O) groups excluding carboxylic acids is 3. The van der Waals surface area contributed by atoms with E-state index in [0.717, 1.165) is 77.0 Å². The van der Waals surface area contributed by atoms with Gasteiger partial charge in [-0.15, -0.1) is 0 Å². The summed E-state index contributed by atoms with van der Waals surface area (Å²) in [5.41, 5.74) is 0. The van der Waals surface area contributed by atoms with Gasteiger partial charge in [-0.3, -0.25) is 14.4 Å². The van der Waals surface area contributed by atoms with Crippen molar-refractivity contribution in [3.63, 3.8) is 0 Å².